The number of aryl methyl sites for hydroxylation is 1. The fourth-order valence-electron chi connectivity index (χ4n) is 3.22. The Balaban J connectivity index is 1.48. The molecule has 0 unspecified atom stereocenters. The summed E-state index contributed by atoms with van der Waals surface area (Å²) in [6.07, 6.45) is 1.74. The Kier molecular flexibility index (Phi) is 5.55. The topological polar surface area (TPSA) is 89.2 Å². The van der Waals surface area contributed by atoms with Crippen LogP contribution in [0.4, 0.5) is 5.82 Å². The van der Waals surface area contributed by atoms with Crippen LogP contribution in [0.1, 0.15) is 19.2 Å². The molecule has 2 aromatic heterocycles. The Morgan fingerprint density at radius 1 is 1.04 bits per heavy atom. The van der Waals surface area contributed by atoms with Crippen LogP contribution >= 0.6 is 0 Å². The van der Waals surface area contributed by atoms with Crippen LogP contribution in [-0.2, 0) is 11.2 Å². The van der Waals surface area contributed by atoms with E-state index in [0.717, 1.165) is 62.4 Å². The number of anilines is 1. The lowest BCUT2D eigenvalue weighted by Crippen LogP contribution is -2.37. The molecule has 8 nitrogen and oxygen atoms in total. The summed E-state index contributed by atoms with van der Waals surface area (Å²) in [5.41, 5.74) is 0.622. The number of hydrogen-bond acceptors (Lipinski definition) is 8. The van der Waals surface area contributed by atoms with E-state index in [-0.39, 0.29) is 0 Å². The predicted octanol–water partition coefficient (Wildman–Crippen LogP) is 2.38. The van der Waals surface area contributed by atoms with Crippen LogP contribution in [0.3, 0.4) is 0 Å². The molecular weight excluding hydrogens is 344 g/mol. The Bertz CT molecular complexity index is 891. The molecule has 1 fully saturated rings. The van der Waals surface area contributed by atoms with Gasteiger partial charge >= 0.3 is 0 Å². The lowest BCUT2D eigenvalue weighted by molar-refractivity contribution is 0.0378. The first-order chi connectivity index (χ1) is 13.3. The Labute approximate surface area is 157 Å². The summed E-state index contributed by atoms with van der Waals surface area (Å²) in [5.74, 6) is 1.79. The summed E-state index contributed by atoms with van der Waals surface area (Å²) in [4.78, 5) is 2.43. The number of aromatic nitrogens is 4. The highest BCUT2D eigenvalue weighted by Crippen LogP contribution is 2.28. The van der Waals surface area contributed by atoms with Crippen molar-refractivity contribution in [3.8, 4) is 11.6 Å². The van der Waals surface area contributed by atoms with Gasteiger partial charge in [0.2, 0.25) is 5.89 Å². The highest BCUT2D eigenvalue weighted by atomic mass is 16.5. The summed E-state index contributed by atoms with van der Waals surface area (Å²) in [6, 6.07) is 8.02. The molecule has 0 aliphatic carbocycles. The van der Waals surface area contributed by atoms with Crippen LogP contribution in [0, 0.1) is 0 Å². The first-order valence-corrected chi connectivity index (χ1v) is 9.47. The Morgan fingerprint density at radius 2 is 1.85 bits per heavy atom. The molecule has 1 aliphatic rings. The van der Waals surface area contributed by atoms with Crippen molar-refractivity contribution in [2.24, 2.45) is 0 Å². The van der Waals surface area contributed by atoms with Gasteiger partial charge in [-0.15, -0.1) is 20.4 Å². The Morgan fingerprint density at radius 3 is 2.63 bits per heavy atom. The van der Waals surface area contributed by atoms with Gasteiger partial charge in [0.1, 0.15) is 0 Å². The minimum absolute atomic E-state index is 0.411. The maximum absolute atomic E-state index is 5.67. The van der Waals surface area contributed by atoms with Gasteiger partial charge in [-0.2, -0.15) is 0 Å². The number of ether oxygens (including phenoxy) is 1. The minimum Gasteiger partial charge on any atom is -0.419 e. The second kappa shape index (κ2) is 8.41. The number of benzene rings is 1. The summed E-state index contributed by atoms with van der Waals surface area (Å²) in [7, 11) is 0. The van der Waals surface area contributed by atoms with E-state index < -0.39 is 0 Å². The van der Waals surface area contributed by atoms with Gasteiger partial charge < -0.3 is 14.5 Å². The van der Waals surface area contributed by atoms with Gasteiger partial charge in [-0.05, 0) is 13.0 Å². The molecule has 3 heterocycles. The van der Waals surface area contributed by atoms with Crippen LogP contribution in [0.2, 0.25) is 0 Å². The second-order valence-corrected chi connectivity index (χ2v) is 6.53. The van der Waals surface area contributed by atoms with Gasteiger partial charge in [0.25, 0.3) is 5.89 Å². The molecule has 0 amide bonds. The van der Waals surface area contributed by atoms with E-state index in [2.05, 4.69) is 30.6 Å². The van der Waals surface area contributed by atoms with Crippen molar-refractivity contribution in [1.29, 1.82) is 0 Å². The molecule has 8 heteroatoms. The van der Waals surface area contributed by atoms with Gasteiger partial charge in [-0.3, -0.25) is 4.90 Å². The van der Waals surface area contributed by atoms with Crippen LogP contribution in [0.25, 0.3) is 22.4 Å². The molecule has 27 heavy (non-hydrogen) atoms. The van der Waals surface area contributed by atoms with Gasteiger partial charge in [0.05, 0.1) is 13.2 Å². The van der Waals surface area contributed by atoms with E-state index in [1.807, 2.05) is 31.2 Å². The first kappa shape index (κ1) is 17.8. The third kappa shape index (κ3) is 4.06. The number of hydrogen-bond donors (Lipinski definition) is 1. The molecule has 1 aliphatic heterocycles. The van der Waals surface area contributed by atoms with Crippen molar-refractivity contribution in [3.63, 3.8) is 0 Å². The zero-order valence-corrected chi connectivity index (χ0v) is 15.5. The van der Waals surface area contributed by atoms with E-state index in [0.29, 0.717) is 23.9 Å². The molecule has 1 N–H and O–H groups in total. The van der Waals surface area contributed by atoms with E-state index in [1.54, 1.807) is 0 Å². The summed E-state index contributed by atoms with van der Waals surface area (Å²) >= 11 is 0. The summed E-state index contributed by atoms with van der Waals surface area (Å²) in [6.45, 7) is 7.58. The zero-order chi connectivity index (χ0) is 18.5. The average Bonchev–Trinajstić information content (AvgIpc) is 3.21. The predicted molar refractivity (Wildman–Crippen MR) is 103 cm³/mol. The largest absolute Gasteiger partial charge is 0.419 e. The highest BCUT2D eigenvalue weighted by Gasteiger charge is 2.16. The first-order valence-electron chi connectivity index (χ1n) is 9.47. The van der Waals surface area contributed by atoms with Crippen molar-refractivity contribution >= 4 is 16.6 Å². The molecule has 1 saturated heterocycles. The highest BCUT2D eigenvalue weighted by molar-refractivity contribution is 5.98. The minimum atomic E-state index is 0.411. The fourth-order valence-corrected chi connectivity index (χ4v) is 3.22. The van der Waals surface area contributed by atoms with Gasteiger partial charge in [0.15, 0.2) is 11.5 Å². The number of nitrogens with one attached hydrogen (secondary N) is 1. The number of rotatable bonds is 7. The van der Waals surface area contributed by atoms with Crippen molar-refractivity contribution in [2.45, 2.75) is 19.8 Å². The SMILES string of the molecule is CCc1nnc(-c2nnc(NCCCN3CCOCC3)c3ccccc23)o1. The average molecular weight is 368 g/mol. The molecule has 0 saturated carbocycles. The lowest BCUT2D eigenvalue weighted by Gasteiger charge is -2.26. The molecule has 1 aromatic carbocycles. The van der Waals surface area contributed by atoms with Crippen molar-refractivity contribution < 1.29 is 9.15 Å². The monoisotopic (exact) mass is 368 g/mol. The third-order valence-electron chi connectivity index (χ3n) is 4.71. The van der Waals surface area contributed by atoms with Crippen LogP contribution < -0.4 is 5.32 Å². The summed E-state index contributed by atoms with van der Waals surface area (Å²) in [5, 5.41) is 22.3. The van der Waals surface area contributed by atoms with E-state index >= 15 is 0 Å². The van der Waals surface area contributed by atoms with Crippen molar-refractivity contribution in [1.82, 2.24) is 25.3 Å². The molecule has 142 valence electrons. The van der Waals surface area contributed by atoms with Gasteiger partial charge in [0, 0.05) is 36.8 Å². The standard InChI is InChI=1S/C19H24N6O2/c1-2-16-21-24-19(27-16)17-14-6-3-4-7-15(14)18(23-22-17)20-8-5-9-25-10-12-26-13-11-25/h3-4,6-7H,2,5,8-13H2,1H3,(H,20,23). The molecule has 0 atom stereocenters. The normalized spacial score (nSPS) is 15.3. The van der Waals surface area contributed by atoms with Crippen molar-refractivity contribution in [2.75, 3.05) is 44.7 Å². The lowest BCUT2D eigenvalue weighted by atomic mass is 10.1. The van der Waals surface area contributed by atoms with Gasteiger partial charge in [-0.25, -0.2) is 0 Å². The molecule has 0 spiro atoms. The second-order valence-electron chi connectivity index (χ2n) is 6.53. The zero-order valence-electron chi connectivity index (χ0n) is 15.5. The number of morpholine rings is 1. The molecular formula is C19H24N6O2. The van der Waals surface area contributed by atoms with Gasteiger partial charge in [-0.1, -0.05) is 31.2 Å². The van der Waals surface area contributed by atoms with Crippen molar-refractivity contribution in [3.05, 3.63) is 30.2 Å². The molecule has 4 rings (SSSR count). The van der Waals surface area contributed by atoms with E-state index in [1.165, 1.54) is 0 Å². The van der Waals surface area contributed by atoms with E-state index in [4.69, 9.17) is 9.15 Å². The molecule has 0 radical (unpaired) electrons. The van der Waals surface area contributed by atoms with E-state index in [9.17, 15) is 0 Å². The number of fused-ring (bicyclic) bond motifs is 1. The smallest absolute Gasteiger partial charge is 0.268 e. The Hall–Kier alpha value is -2.58. The molecule has 3 aromatic rings. The number of nitrogens with zero attached hydrogens (tertiary/aromatic N) is 5. The quantitative estimate of drug-likeness (QED) is 0.636. The fraction of sp³-hybridized carbons (Fsp3) is 0.474. The van der Waals surface area contributed by atoms with Crippen LogP contribution in [0.5, 0.6) is 0 Å². The summed E-state index contributed by atoms with van der Waals surface area (Å²) < 4.78 is 11.1. The van der Waals surface area contributed by atoms with Crippen LogP contribution in [-0.4, -0.2) is 64.7 Å². The molecule has 0 bridgehead atoms. The maximum atomic E-state index is 5.67. The maximum Gasteiger partial charge on any atom is 0.268 e. The third-order valence-corrected chi connectivity index (χ3v) is 4.71. The van der Waals surface area contributed by atoms with Crippen LogP contribution in [0.15, 0.2) is 28.7 Å².